The molecule has 0 heterocycles. The van der Waals surface area contributed by atoms with Crippen LogP contribution in [0.2, 0.25) is 0 Å². The van der Waals surface area contributed by atoms with Gasteiger partial charge in [-0.2, -0.15) is 0 Å². The largest absolute Gasteiger partial charge is 0.327 e. The quantitative estimate of drug-likeness (QED) is 0.904. The second-order valence-electron chi connectivity index (χ2n) is 6.77. The summed E-state index contributed by atoms with van der Waals surface area (Å²) in [6.07, 6.45) is 4.92. The average molecular weight is 277 g/mol. The smallest absolute Gasteiger partial charge is 0.0105 e. The van der Waals surface area contributed by atoms with E-state index < -0.39 is 0 Å². The molecule has 2 aliphatic carbocycles. The molecule has 1 heteroatoms. The Balaban J connectivity index is 1.45. The monoisotopic (exact) mass is 277 g/mol. The van der Waals surface area contributed by atoms with Crippen molar-refractivity contribution in [2.24, 2.45) is 17.6 Å². The Labute approximate surface area is 127 Å². The maximum Gasteiger partial charge on any atom is 0.0105 e. The fourth-order valence-electron chi connectivity index (χ4n) is 4.13. The lowest BCUT2D eigenvalue weighted by Crippen LogP contribution is -2.36. The van der Waals surface area contributed by atoms with E-state index in [2.05, 4.69) is 54.6 Å². The first kappa shape index (κ1) is 13.1. The summed E-state index contributed by atoms with van der Waals surface area (Å²) in [4.78, 5) is 0. The van der Waals surface area contributed by atoms with E-state index in [0.717, 1.165) is 0 Å². The first-order chi connectivity index (χ1) is 10.3. The van der Waals surface area contributed by atoms with Gasteiger partial charge >= 0.3 is 0 Å². The van der Waals surface area contributed by atoms with Crippen molar-refractivity contribution < 1.29 is 0 Å². The van der Waals surface area contributed by atoms with Crippen LogP contribution in [-0.4, -0.2) is 6.04 Å². The van der Waals surface area contributed by atoms with Crippen molar-refractivity contribution in [3.8, 4) is 0 Å². The first-order valence-corrected chi connectivity index (χ1v) is 8.20. The third-order valence-electron chi connectivity index (χ3n) is 5.49. The molecule has 0 amide bonds. The molecule has 1 fully saturated rings. The third-order valence-corrected chi connectivity index (χ3v) is 5.49. The van der Waals surface area contributed by atoms with Gasteiger partial charge in [0.05, 0.1) is 0 Å². The van der Waals surface area contributed by atoms with Crippen LogP contribution in [0.5, 0.6) is 0 Å². The third kappa shape index (κ3) is 2.51. The highest BCUT2D eigenvalue weighted by atomic mass is 14.7. The first-order valence-electron chi connectivity index (χ1n) is 8.20. The highest BCUT2D eigenvalue weighted by molar-refractivity contribution is 5.31. The van der Waals surface area contributed by atoms with Crippen LogP contribution in [0.4, 0.5) is 0 Å². The normalized spacial score (nSPS) is 28.7. The average Bonchev–Trinajstić information content (AvgIpc) is 3.35. The maximum absolute atomic E-state index is 6.64. The fourth-order valence-corrected chi connectivity index (χ4v) is 4.13. The van der Waals surface area contributed by atoms with Gasteiger partial charge < -0.3 is 5.73 Å². The molecule has 2 aliphatic rings. The minimum Gasteiger partial charge on any atom is -0.327 e. The number of benzene rings is 2. The molecule has 0 radical (unpaired) electrons. The number of hydrogen-bond donors (Lipinski definition) is 1. The number of hydrogen-bond acceptors (Lipinski definition) is 1. The molecule has 4 rings (SSSR count). The van der Waals surface area contributed by atoms with Crippen LogP contribution in [0, 0.1) is 11.8 Å². The topological polar surface area (TPSA) is 26.0 Å². The molecule has 0 spiro atoms. The molecule has 21 heavy (non-hydrogen) atoms. The van der Waals surface area contributed by atoms with Crippen LogP contribution in [0.25, 0.3) is 0 Å². The van der Waals surface area contributed by atoms with Gasteiger partial charge in [0.15, 0.2) is 0 Å². The van der Waals surface area contributed by atoms with Crippen LogP contribution in [-0.2, 0) is 12.8 Å². The molecule has 4 unspecified atom stereocenters. The second-order valence-corrected chi connectivity index (χ2v) is 6.77. The van der Waals surface area contributed by atoms with Crippen LogP contribution in [0.15, 0.2) is 54.6 Å². The molecule has 4 atom stereocenters. The van der Waals surface area contributed by atoms with Gasteiger partial charge in [-0.15, -0.1) is 0 Å². The van der Waals surface area contributed by atoms with Crippen molar-refractivity contribution in [1.29, 1.82) is 0 Å². The van der Waals surface area contributed by atoms with Gasteiger partial charge in [0.25, 0.3) is 0 Å². The minimum absolute atomic E-state index is 0.364. The molecule has 0 aliphatic heterocycles. The lowest BCUT2D eigenvalue weighted by atomic mass is 9.78. The molecule has 1 saturated carbocycles. The van der Waals surface area contributed by atoms with E-state index in [9.17, 15) is 0 Å². The highest BCUT2D eigenvalue weighted by Crippen LogP contribution is 2.51. The zero-order valence-electron chi connectivity index (χ0n) is 12.4. The summed E-state index contributed by atoms with van der Waals surface area (Å²) < 4.78 is 0. The van der Waals surface area contributed by atoms with E-state index >= 15 is 0 Å². The van der Waals surface area contributed by atoms with Gasteiger partial charge in [-0.1, -0.05) is 54.6 Å². The van der Waals surface area contributed by atoms with Gasteiger partial charge in [-0.05, 0) is 60.1 Å². The Hall–Kier alpha value is -1.60. The van der Waals surface area contributed by atoms with Crippen molar-refractivity contribution in [2.45, 2.75) is 37.6 Å². The van der Waals surface area contributed by atoms with E-state index in [4.69, 9.17) is 5.73 Å². The number of fused-ring (bicyclic) bond motifs is 1. The minimum atomic E-state index is 0.364. The SMILES string of the molecule is NC(C1CCc2ccccc2C1)C1CC1c1ccccc1. The van der Waals surface area contributed by atoms with E-state index in [0.29, 0.717) is 23.8 Å². The van der Waals surface area contributed by atoms with E-state index in [-0.39, 0.29) is 0 Å². The summed E-state index contributed by atoms with van der Waals surface area (Å²) in [5, 5.41) is 0. The summed E-state index contributed by atoms with van der Waals surface area (Å²) >= 11 is 0. The summed E-state index contributed by atoms with van der Waals surface area (Å²) in [5.41, 5.74) is 11.2. The van der Waals surface area contributed by atoms with Gasteiger partial charge in [0.1, 0.15) is 0 Å². The summed E-state index contributed by atoms with van der Waals surface area (Å²) in [6, 6.07) is 20.2. The van der Waals surface area contributed by atoms with E-state index in [1.807, 2.05) is 0 Å². The zero-order chi connectivity index (χ0) is 14.2. The van der Waals surface area contributed by atoms with Gasteiger partial charge in [-0.3, -0.25) is 0 Å². The number of nitrogens with two attached hydrogens (primary N) is 1. The summed E-state index contributed by atoms with van der Waals surface area (Å²) in [6.45, 7) is 0. The van der Waals surface area contributed by atoms with Crippen molar-refractivity contribution in [1.82, 2.24) is 0 Å². The number of aryl methyl sites for hydroxylation is 1. The Morgan fingerprint density at radius 1 is 0.905 bits per heavy atom. The lowest BCUT2D eigenvalue weighted by molar-refractivity contribution is 0.343. The second kappa shape index (κ2) is 5.31. The van der Waals surface area contributed by atoms with Crippen molar-refractivity contribution in [2.75, 3.05) is 0 Å². The lowest BCUT2D eigenvalue weighted by Gasteiger charge is -2.29. The Kier molecular flexibility index (Phi) is 3.31. The zero-order valence-corrected chi connectivity index (χ0v) is 12.4. The molecule has 2 N–H and O–H groups in total. The maximum atomic E-state index is 6.64. The van der Waals surface area contributed by atoms with Crippen molar-refractivity contribution in [3.05, 3.63) is 71.3 Å². The molecule has 0 bridgehead atoms. The summed E-state index contributed by atoms with van der Waals surface area (Å²) in [7, 11) is 0. The highest BCUT2D eigenvalue weighted by Gasteiger charge is 2.45. The molecule has 2 aromatic rings. The van der Waals surface area contributed by atoms with E-state index in [1.54, 1.807) is 0 Å². The molecule has 2 aromatic carbocycles. The van der Waals surface area contributed by atoms with Crippen LogP contribution in [0.3, 0.4) is 0 Å². The molecule has 0 aromatic heterocycles. The molecule has 108 valence electrons. The predicted octanol–water partition coefficient (Wildman–Crippen LogP) is 3.92. The van der Waals surface area contributed by atoms with Gasteiger partial charge in [0, 0.05) is 6.04 Å². The van der Waals surface area contributed by atoms with Crippen LogP contribution >= 0.6 is 0 Å². The van der Waals surface area contributed by atoms with Crippen molar-refractivity contribution >= 4 is 0 Å². The Morgan fingerprint density at radius 2 is 1.62 bits per heavy atom. The molecule has 0 saturated heterocycles. The van der Waals surface area contributed by atoms with Crippen molar-refractivity contribution in [3.63, 3.8) is 0 Å². The predicted molar refractivity (Wildman–Crippen MR) is 87.2 cm³/mol. The fraction of sp³-hybridized carbons (Fsp3) is 0.400. The molecule has 1 nitrogen and oxygen atoms in total. The Morgan fingerprint density at radius 3 is 2.43 bits per heavy atom. The van der Waals surface area contributed by atoms with Gasteiger partial charge in [-0.25, -0.2) is 0 Å². The van der Waals surface area contributed by atoms with Gasteiger partial charge in [0.2, 0.25) is 0 Å². The molecular weight excluding hydrogens is 254 g/mol. The Bertz CT molecular complexity index is 619. The standard InChI is InChI=1S/C20H23N/c21-20(19-13-18(19)15-7-2-1-3-8-15)17-11-10-14-6-4-5-9-16(14)12-17/h1-9,17-20H,10-13,21H2. The molecular formula is C20H23N. The van der Waals surface area contributed by atoms with Crippen LogP contribution < -0.4 is 5.73 Å². The van der Waals surface area contributed by atoms with Crippen LogP contribution in [0.1, 0.15) is 35.4 Å². The number of rotatable bonds is 3. The van der Waals surface area contributed by atoms with E-state index in [1.165, 1.54) is 42.4 Å². The summed E-state index contributed by atoms with van der Waals surface area (Å²) in [5.74, 6) is 2.07.